The first-order valence-electron chi connectivity index (χ1n) is 9.50. The maximum Gasteiger partial charge on any atom is 0.0786 e. The van der Waals surface area contributed by atoms with E-state index in [2.05, 4.69) is 21.0 Å². The monoisotopic (exact) mass is 313 g/mol. The van der Waals surface area contributed by atoms with Crippen molar-refractivity contribution in [3.05, 3.63) is 0 Å². The van der Waals surface area contributed by atoms with Crippen LogP contribution in [0.4, 0.5) is 0 Å². The molecule has 0 bridgehead atoms. The van der Waals surface area contributed by atoms with Crippen molar-refractivity contribution in [3.63, 3.8) is 0 Å². The van der Waals surface area contributed by atoms with Crippen LogP contribution in [0.1, 0.15) is 90.4 Å². The average molecular weight is 314 g/mol. The van der Waals surface area contributed by atoms with E-state index in [0.717, 1.165) is 24.0 Å². The summed E-state index contributed by atoms with van der Waals surface area (Å²) in [6.45, 7) is 4.36. The van der Waals surface area contributed by atoms with Gasteiger partial charge in [-0.25, -0.2) is 0 Å². The number of hydrogen-bond donors (Lipinski definition) is 0. The van der Waals surface area contributed by atoms with Crippen molar-refractivity contribution < 1.29 is 14.4 Å². The van der Waals surface area contributed by atoms with Gasteiger partial charge >= 0.3 is 0 Å². The second kappa shape index (κ2) is 14.0. The fraction of sp³-hybridized carbons (Fsp3) is 0.947. The Morgan fingerprint density at radius 1 is 0.727 bits per heavy atom. The van der Waals surface area contributed by atoms with Crippen LogP contribution >= 0.6 is 0 Å². The summed E-state index contributed by atoms with van der Waals surface area (Å²) in [7, 11) is 4.40. The van der Waals surface area contributed by atoms with Gasteiger partial charge in [-0.15, -0.1) is 0 Å². The molecule has 0 N–H and O–H groups in total. The first-order valence-corrected chi connectivity index (χ1v) is 9.50. The van der Waals surface area contributed by atoms with Gasteiger partial charge in [0.2, 0.25) is 0 Å². The third kappa shape index (κ3) is 15.8. The van der Waals surface area contributed by atoms with Gasteiger partial charge in [-0.05, 0) is 19.3 Å². The van der Waals surface area contributed by atoms with Crippen molar-refractivity contribution in [2.24, 2.45) is 0 Å². The first kappa shape index (κ1) is 21.4. The number of unbranched alkanes of at least 4 members (excludes halogenated alkanes) is 10. The average Bonchev–Trinajstić information content (AvgIpc) is 2.44. The van der Waals surface area contributed by atoms with E-state index in [9.17, 15) is 9.90 Å². The maximum absolute atomic E-state index is 10.4. The van der Waals surface area contributed by atoms with Crippen molar-refractivity contribution in [2.45, 2.75) is 90.4 Å². The van der Waals surface area contributed by atoms with Crippen molar-refractivity contribution in [2.75, 3.05) is 27.2 Å². The van der Waals surface area contributed by atoms with Gasteiger partial charge in [-0.3, -0.25) is 0 Å². The van der Waals surface area contributed by atoms with Crippen LogP contribution in [0.5, 0.6) is 0 Å². The SMILES string of the molecule is CCCCCCCCCCCCC[N+](C)(C)CCCC(=O)[O-]. The summed E-state index contributed by atoms with van der Waals surface area (Å²) in [5.41, 5.74) is 0. The third-order valence-corrected chi connectivity index (χ3v) is 4.51. The summed E-state index contributed by atoms with van der Waals surface area (Å²) in [5.74, 6) is -0.922. The Kier molecular flexibility index (Phi) is 13.7. The van der Waals surface area contributed by atoms with Crippen molar-refractivity contribution in [1.29, 1.82) is 0 Å². The Hall–Kier alpha value is -0.570. The lowest BCUT2D eigenvalue weighted by atomic mass is 10.1. The van der Waals surface area contributed by atoms with Crippen LogP contribution < -0.4 is 5.11 Å². The molecule has 22 heavy (non-hydrogen) atoms. The highest BCUT2D eigenvalue weighted by atomic mass is 16.4. The van der Waals surface area contributed by atoms with Gasteiger partial charge in [0, 0.05) is 12.4 Å². The summed E-state index contributed by atoms with van der Waals surface area (Å²) in [6.07, 6.45) is 16.0. The third-order valence-electron chi connectivity index (χ3n) is 4.51. The van der Waals surface area contributed by atoms with Gasteiger partial charge in [0.15, 0.2) is 0 Å². The van der Waals surface area contributed by atoms with Crippen LogP contribution in [0.2, 0.25) is 0 Å². The number of carbonyl (C=O) groups excluding carboxylic acids is 1. The Balaban J connectivity index is 3.32. The van der Waals surface area contributed by atoms with E-state index >= 15 is 0 Å². The highest BCUT2D eigenvalue weighted by Gasteiger charge is 2.13. The number of aliphatic carboxylic acids is 1. The molecule has 0 aliphatic rings. The molecule has 132 valence electrons. The van der Waals surface area contributed by atoms with Gasteiger partial charge in [-0.1, -0.05) is 64.7 Å². The van der Waals surface area contributed by atoms with E-state index < -0.39 is 5.97 Å². The molecule has 0 aliphatic heterocycles. The molecular formula is C19H39NO2. The van der Waals surface area contributed by atoms with E-state index in [1.54, 1.807) is 0 Å². The minimum absolute atomic E-state index is 0.194. The summed E-state index contributed by atoms with van der Waals surface area (Å²) < 4.78 is 0.935. The van der Waals surface area contributed by atoms with Gasteiger partial charge < -0.3 is 14.4 Å². The summed E-state index contributed by atoms with van der Waals surface area (Å²) in [5, 5.41) is 10.4. The Bertz CT molecular complexity index is 264. The quantitative estimate of drug-likeness (QED) is 0.320. The normalized spacial score (nSPS) is 11.8. The van der Waals surface area contributed by atoms with Gasteiger partial charge in [0.25, 0.3) is 0 Å². The maximum atomic E-state index is 10.4. The molecule has 0 unspecified atom stereocenters. The zero-order valence-electron chi connectivity index (χ0n) is 15.4. The molecule has 0 spiro atoms. The van der Waals surface area contributed by atoms with Crippen LogP contribution in [0.3, 0.4) is 0 Å². The van der Waals surface area contributed by atoms with E-state index in [4.69, 9.17) is 0 Å². The van der Waals surface area contributed by atoms with E-state index in [-0.39, 0.29) is 6.42 Å². The molecule has 0 aromatic carbocycles. The largest absolute Gasteiger partial charge is 0.550 e. The van der Waals surface area contributed by atoms with Crippen LogP contribution in [-0.4, -0.2) is 37.6 Å². The Morgan fingerprint density at radius 2 is 1.14 bits per heavy atom. The Labute approximate surface area is 138 Å². The molecule has 0 atom stereocenters. The number of carboxylic acid groups (broad SMARTS) is 1. The molecule has 0 radical (unpaired) electrons. The van der Waals surface area contributed by atoms with Crippen molar-refractivity contribution >= 4 is 5.97 Å². The number of carbonyl (C=O) groups is 1. The van der Waals surface area contributed by atoms with Crippen LogP contribution in [0.15, 0.2) is 0 Å². The fourth-order valence-electron chi connectivity index (χ4n) is 2.97. The fourth-order valence-corrected chi connectivity index (χ4v) is 2.97. The zero-order chi connectivity index (χ0) is 16.7. The number of nitrogens with zero attached hydrogens (tertiary/aromatic N) is 1. The van der Waals surface area contributed by atoms with E-state index in [1.165, 1.54) is 70.6 Å². The standard InChI is InChI=1S/C19H39NO2/c1-4-5-6-7-8-9-10-11-12-13-14-17-20(2,3)18-15-16-19(21)22/h4-18H2,1-3H3. The summed E-state index contributed by atoms with van der Waals surface area (Å²) in [6, 6.07) is 0. The van der Waals surface area contributed by atoms with Gasteiger partial charge in [-0.2, -0.15) is 0 Å². The lowest BCUT2D eigenvalue weighted by molar-refractivity contribution is -0.890. The molecule has 0 fully saturated rings. The van der Waals surface area contributed by atoms with Crippen molar-refractivity contribution in [3.8, 4) is 0 Å². The lowest BCUT2D eigenvalue weighted by Gasteiger charge is -2.30. The van der Waals surface area contributed by atoms with Gasteiger partial charge in [0.05, 0.1) is 27.2 Å². The molecule has 0 heterocycles. The highest BCUT2D eigenvalue weighted by molar-refractivity contribution is 5.64. The summed E-state index contributed by atoms with van der Waals surface area (Å²) >= 11 is 0. The summed E-state index contributed by atoms with van der Waals surface area (Å²) in [4.78, 5) is 10.4. The first-order chi connectivity index (χ1) is 10.5. The molecule has 0 aliphatic carbocycles. The second-order valence-corrected chi connectivity index (χ2v) is 7.39. The van der Waals surface area contributed by atoms with Crippen LogP contribution in [0.25, 0.3) is 0 Å². The van der Waals surface area contributed by atoms with Gasteiger partial charge in [0.1, 0.15) is 0 Å². The molecule has 0 saturated heterocycles. The van der Waals surface area contributed by atoms with Crippen LogP contribution in [-0.2, 0) is 4.79 Å². The molecule has 0 rings (SSSR count). The minimum Gasteiger partial charge on any atom is -0.550 e. The second-order valence-electron chi connectivity index (χ2n) is 7.39. The topological polar surface area (TPSA) is 40.1 Å². The molecule has 3 heteroatoms. The number of hydrogen-bond acceptors (Lipinski definition) is 2. The smallest absolute Gasteiger partial charge is 0.0786 e. The van der Waals surface area contributed by atoms with Crippen LogP contribution in [0, 0.1) is 0 Å². The molecule has 0 saturated carbocycles. The van der Waals surface area contributed by atoms with E-state index in [1.807, 2.05) is 0 Å². The molecule has 0 aromatic heterocycles. The van der Waals surface area contributed by atoms with Crippen molar-refractivity contribution in [1.82, 2.24) is 0 Å². The Morgan fingerprint density at radius 3 is 1.59 bits per heavy atom. The minimum atomic E-state index is -0.922. The number of quaternary nitrogens is 1. The predicted octanol–water partition coefficient (Wildman–Crippen LogP) is 3.90. The molecule has 0 amide bonds. The number of rotatable bonds is 16. The number of carboxylic acids is 1. The highest BCUT2D eigenvalue weighted by Crippen LogP contribution is 2.12. The molecule has 0 aromatic rings. The lowest BCUT2D eigenvalue weighted by Crippen LogP contribution is -2.41. The molecular weight excluding hydrogens is 274 g/mol. The predicted molar refractivity (Wildman–Crippen MR) is 92.5 cm³/mol. The molecule has 3 nitrogen and oxygen atoms in total. The van der Waals surface area contributed by atoms with E-state index in [0.29, 0.717) is 0 Å². The zero-order valence-corrected chi connectivity index (χ0v) is 15.4.